The molecule has 6 heteroatoms. The van der Waals surface area contributed by atoms with Gasteiger partial charge in [0.25, 0.3) is 0 Å². The summed E-state index contributed by atoms with van der Waals surface area (Å²) in [5.74, 6) is -0.0156. The van der Waals surface area contributed by atoms with Crippen LogP contribution in [0.4, 0.5) is 0 Å². The van der Waals surface area contributed by atoms with Crippen LogP contribution in [0.15, 0.2) is 24.3 Å². The number of rotatable bonds is 77. The first-order chi connectivity index (χ1) is 43.5. The summed E-state index contributed by atoms with van der Waals surface area (Å²) in [6, 6.07) is -0.541. The largest absolute Gasteiger partial charge is 0.466 e. The minimum atomic E-state index is -0.664. The van der Waals surface area contributed by atoms with Crippen LogP contribution in [0.1, 0.15) is 463 Å². The molecule has 0 aromatic rings. The minimum absolute atomic E-state index is 0.0107. The van der Waals surface area contributed by atoms with E-state index in [0.29, 0.717) is 25.9 Å². The predicted molar refractivity (Wildman–Crippen MR) is 389 cm³/mol. The third-order valence-corrected chi connectivity index (χ3v) is 19.2. The quantitative estimate of drug-likeness (QED) is 0.0320. The number of allylic oxidation sites excluding steroid dienone is 4. The Bertz CT molecular complexity index is 1380. The second-order valence-electron chi connectivity index (χ2n) is 28.1. The zero-order valence-electron chi connectivity index (χ0n) is 60.0. The monoisotopic (exact) mass is 1240 g/mol. The zero-order valence-corrected chi connectivity index (χ0v) is 60.0. The summed E-state index contributed by atoms with van der Waals surface area (Å²) < 4.78 is 5.49. The van der Waals surface area contributed by atoms with Gasteiger partial charge >= 0.3 is 5.97 Å². The van der Waals surface area contributed by atoms with Crippen molar-refractivity contribution < 1.29 is 24.5 Å². The van der Waals surface area contributed by atoms with Crippen LogP contribution in [0.25, 0.3) is 0 Å². The van der Waals surface area contributed by atoms with Gasteiger partial charge in [0.2, 0.25) is 5.91 Å². The number of unbranched alkanes of at least 4 members (excludes halogenated alkanes) is 62. The van der Waals surface area contributed by atoms with Crippen LogP contribution in [0.3, 0.4) is 0 Å². The van der Waals surface area contributed by atoms with Crippen LogP contribution in [-0.2, 0) is 14.3 Å². The van der Waals surface area contributed by atoms with Gasteiger partial charge in [-0.15, -0.1) is 0 Å². The predicted octanol–water partition coefficient (Wildman–Crippen LogP) is 26.8. The fourth-order valence-electron chi connectivity index (χ4n) is 13.0. The molecule has 6 nitrogen and oxygen atoms in total. The zero-order chi connectivity index (χ0) is 63.5. The van der Waals surface area contributed by atoms with Crippen LogP contribution in [0, 0.1) is 0 Å². The third-order valence-electron chi connectivity index (χ3n) is 19.2. The lowest BCUT2D eigenvalue weighted by atomic mass is 10.0. The van der Waals surface area contributed by atoms with Gasteiger partial charge < -0.3 is 20.3 Å². The van der Waals surface area contributed by atoms with E-state index in [4.69, 9.17) is 4.74 Å². The molecule has 0 fully saturated rings. The summed E-state index contributed by atoms with van der Waals surface area (Å²) in [6.07, 6.45) is 99.9. The van der Waals surface area contributed by atoms with E-state index in [0.717, 1.165) is 44.9 Å². The molecular formula is C82H159NO5. The average Bonchev–Trinajstić information content (AvgIpc) is 3.58. The number of aliphatic hydroxyl groups excluding tert-OH is 2. The highest BCUT2D eigenvalue weighted by atomic mass is 16.5. The van der Waals surface area contributed by atoms with Crippen molar-refractivity contribution in [2.24, 2.45) is 0 Å². The summed E-state index contributed by atoms with van der Waals surface area (Å²) in [4.78, 5) is 24.7. The SMILES string of the molecule is CCCCCCC/C=C\CCCCCCCC(=O)OCCCCCCCCCCCCCC/C=C\CCCCCCCCCCCCCCCCCCC(=O)NC(CO)C(O)CCCCCCCCCCCCCCCCCCCCCCCCCCC. The highest BCUT2D eigenvalue weighted by Gasteiger charge is 2.20. The molecule has 0 aliphatic heterocycles. The van der Waals surface area contributed by atoms with Crippen LogP contribution >= 0.6 is 0 Å². The number of nitrogens with one attached hydrogen (secondary N) is 1. The van der Waals surface area contributed by atoms with Crippen molar-refractivity contribution in [3.05, 3.63) is 24.3 Å². The molecule has 88 heavy (non-hydrogen) atoms. The first-order valence-corrected chi connectivity index (χ1v) is 40.6. The van der Waals surface area contributed by atoms with Crippen molar-refractivity contribution in [2.75, 3.05) is 13.2 Å². The van der Waals surface area contributed by atoms with Gasteiger partial charge in [0, 0.05) is 12.8 Å². The lowest BCUT2D eigenvalue weighted by Crippen LogP contribution is -2.45. The van der Waals surface area contributed by atoms with Crippen molar-refractivity contribution in [3.63, 3.8) is 0 Å². The van der Waals surface area contributed by atoms with E-state index < -0.39 is 12.1 Å². The number of hydrogen-bond acceptors (Lipinski definition) is 5. The average molecular weight is 1240 g/mol. The summed E-state index contributed by atoms with van der Waals surface area (Å²) >= 11 is 0. The van der Waals surface area contributed by atoms with Crippen molar-refractivity contribution >= 4 is 11.9 Å². The van der Waals surface area contributed by atoms with Gasteiger partial charge in [-0.1, -0.05) is 398 Å². The second-order valence-corrected chi connectivity index (χ2v) is 28.1. The number of aliphatic hydroxyl groups is 2. The third kappa shape index (κ3) is 73.4. The van der Waals surface area contributed by atoms with Crippen LogP contribution < -0.4 is 5.32 Å². The summed E-state index contributed by atoms with van der Waals surface area (Å²) in [7, 11) is 0. The van der Waals surface area contributed by atoms with Crippen molar-refractivity contribution in [2.45, 2.75) is 475 Å². The Labute approximate surface area is 551 Å². The maximum atomic E-state index is 12.6. The molecular weight excluding hydrogens is 1080 g/mol. The number of ether oxygens (including phenoxy) is 1. The molecule has 0 saturated heterocycles. The number of carbonyl (C=O) groups excluding carboxylic acids is 2. The molecule has 0 aliphatic rings. The highest BCUT2D eigenvalue weighted by Crippen LogP contribution is 2.20. The van der Waals surface area contributed by atoms with E-state index >= 15 is 0 Å². The van der Waals surface area contributed by atoms with E-state index in [9.17, 15) is 19.8 Å². The smallest absolute Gasteiger partial charge is 0.305 e. The van der Waals surface area contributed by atoms with Crippen molar-refractivity contribution in [3.8, 4) is 0 Å². The van der Waals surface area contributed by atoms with Gasteiger partial charge in [-0.3, -0.25) is 9.59 Å². The molecule has 0 aromatic heterocycles. The van der Waals surface area contributed by atoms with Gasteiger partial charge in [-0.25, -0.2) is 0 Å². The Balaban J connectivity index is 3.36. The van der Waals surface area contributed by atoms with E-state index in [-0.39, 0.29) is 18.5 Å². The van der Waals surface area contributed by atoms with Crippen LogP contribution in [0.2, 0.25) is 0 Å². The van der Waals surface area contributed by atoms with Gasteiger partial charge in [0.1, 0.15) is 0 Å². The molecule has 0 radical (unpaired) electrons. The van der Waals surface area contributed by atoms with E-state index in [1.165, 1.54) is 385 Å². The van der Waals surface area contributed by atoms with Gasteiger partial charge in [0.05, 0.1) is 25.4 Å². The summed E-state index contributed by atoms with van der Waals surface area (Å²) in [5, 5.41) is 23.5. The molecule has 3 N–H and O–H groups in total. The standard InChI is InChI=1S/C82H159NO5/c1-3-5-7-9-11-13-15-17-19-20-21-22-23-32-35-38-41-44-47-50-54-58-62-66-70-74-80(85)79(78-84)83-81(86)75-71-67-63-59-55-51-48-45-42-39-36-33-30-28-26-24-25-27-29-31-34-37-40-43-46-49-53-57-61-65-69-73-77-88-82(87)76-72-68-64-60-56-52-18-16-14-12-10-8-6-4-2/h16,18,27,29,79-80,84-85H,3-15,17,19-26,28,30-78H2,1-2H3,(H,83,86)/b18-16-,29-27-. The van der Waals surface area contributed by atoms with E-state index in [2.05, 4.69) is 43.5 Å². The van der Waals surface area contributed by atoms with Gasteiger partial charge in [-0.2, -0.15) is 0 Å². The molecule has 0 aromatic carbocycles. The number of hydrogen-bond donors (Lipinski definition) is 3. The lowest BCUT2D eigenvalue weighted by molar-refractivity contribution is -0.143. The van der Waals surface area contributed by atoms with Crippen LogP contribution in [0.5, 0.6) is 0 Å². The highest BCUT2D eigenvalue weighted by molar-refractivity contribution is 5.76. The topological polar surface area (TPSA) is 95.9 Å². The second kappa shape index (κ2) is 77.8. The van der Waals surface area contributed by atoms with Gasteiger partial charge in [0.15, 0.2) is 0 Å². The Morgan fingerprint density at radius 3 is 0.807 bits per heavy atom. The minimum Gasteiger partial charge on any atom is -0.466 e. The molecule has 0 saturated carbocycles. The fourth-order valence-corrected chi connectivity index (χ4v) is 13.0. The first-order valence-electron chi connectivity index (χ1n) is 40.6. The Hall–Kier alpha value is -1.66. The molecule has 2 unspecified atom stereocenters. The maximum absolute atomic E-state index is 12.6. The maximum Gasteiger partial charge on any atom is 0.305 e. The molecule has 0 rings (SSSR count). The normalized spacial score (nSPS) is 12.5. The Morgan fingerprint density at radius 2 is 0.534 bits per heavy atom. The summed E-state index contributed by atoms with van der Waals surface area (Å²) in [5.41, 5.74) is 0. The van der Waals surface area contributed by atoms with E-state index in [1.807, 2.05) is 0 Å². The van der Waals surface area contributed by atoms with Gasteiger partial charge in [-0.05, 0) is 77.0 Å². The van der Waals surface area contributed by atoms with Crippen LogP contribution in [-0.4, -0.2) is 47.4 Å². The molecule has 522 valence electrons. The van der Waals surface area contributed by atoms with E-state index in [1.54, 1.807) is 0 Å². The lowest BCUT2D eigenvalue weighted by Gasteiger charge is -2.22. The number of carbonyl (C=O) groups is 2. The summed E-state index contributed by atoms with van der Waals surface area (Å²) in [6.45, 7) is 4.99. The van der Waals surface area contributed by atoms with Crippen molar-refractivity contribution in [1.29, 1.82) is 0 Å². The number of esters is 1. The molecule has 0 spiro atoms. The Kier molecular flexibility index (Phi) is 76.3. The molecule has 1 amide bonds. The number of amides is 1. The molecule has 0 aliphatic carbocycles. The molecule has 0 bridgehead atoms. The molecule has 2 atom stereocenters. The first kappa shape index (κ1) is 86.3. The molecule has 0 heterocycles. The fraction of sp³-hybridized carbons (Fsp3) is 0.927. The Morgan fingerprint density at radius 1 is 0.307 bits per heavy atom. The van der Waals surface area contributed by atoms with Crippen molar-refractivity contribution in [1.82, 2.24) is 5.32 Å².